The van der Waals surface area contributed by atoms with Gasteiger partial charge < -0.3 is 9.64 Å². The molecule has 0 aliphatic rings. The van der Waals surface area contributed by atoms with Crippen molar-refractivity contribution in [2.24, 2.45) is 0 Å². The van der Waals surface area contributed by atoms with Crippen LogP contribution in [-0.2, 0) is 15.7 Å². The van der Waals surface area contributed by atoms with Gasteiger partial charge in [-0.15, -0.1) is 10.2 Å². The molecule has 1 rings (SSSR count). The molecule has 0 spiro atoms. The number of hydrogen-bond donors (Lipinski definition) is 0. The van der Waals surface area contributed by atoms with Crippen molar-refractivity contribution < 1.29 is 22.7 Å². The molecule has 0 bridgehead atoms. The summed E-state index contributed by atoms with van der Waals surface area (Å²) in [5, 5.41) is 6.54. The number of halogens is 3. The Kier molecular flexibility index (Phi) is 4.46. The van der Waals surface area contributed by atoms with Gasteiger partial charge in [0.2, 0.25) is 0 Å². The molecular weight excluding hydrogens is 251 g/mol. The highest BCUT2D eigenvalue weighted by atomic mass is 19.4. The Bertz CT molecular complexity index is 406. The van der Waals surface area contributed by atoms with Crippen LogP contribution >= 0.6 is 0 Å². The molecule has 0 amide bonds. The van der Waals surface area contributed by atoms with Crippen LogP contribution in [0.4, 0.5) is 19.0 Å². The maximum absolute atomic E-state index is 12.2. The number of esters is 1. The Morgan fingerprint density at radius 1 is 1.39 bits per heavy atom. The second-order valence-electron chi connectivity index (χ2n) is 3.52. The van der Waals surface area contributed by atoms with Gasteiger partial charge in [0.15, 0.2) is 11.5 Å². The van der Waals surface area contributed by atoms with Crippen molar-refractivity contribution in [3.05, 3.63) is 17.8 Å². The van der Waals surface area contributed by atoms with Gasteiger partial charge in [0.05, 0.1) is 13.5 Å². The number of ether oxygens (including phenoxy) is 1. The lowest BCUT2D eigenvalue weighted by atomic mass is 10.3. The first-order chi connectivity index (χ1) is 8.34. The summed E-state index contributed by atoms with van der Waals surface area (Å²) >= 11 is 0. The van der Waals surface area contributed by atoms with Gasteiger partial charge in [0.1, 0.15) is 0 Å². The van der Waals surface area contributed by atoms with E-state index in [0.29, 0.717) is 0 Å². The molecule has 100 valence electrons. The summed E-state index contributed by atoms with van der Waals surface area (Å²) in [5.74, 6) is -0.145. The van der Waals surface area contributed by atoms with Crippen molar-refractivity contribution >= 4 is 11.8 Å². The normalized spacial score (nSPS) is 11.2. The first kappa shape index (κ1) is 14.2. The Balaban J connectivity index is 2.65. The molecule has 0 N–H and O–H groups in total. The summed E-state index contributed by atoms with van der Waals surface area (Å²) in [5.41, 5.74) is -1.05. The number of anilines is 1. The average molecular weight is 263 g/mol. The van der Waals surface area contributed by atoms with Crippen molar-refractivity contribution in [2.45, 2.75) is 12.6 Å². The Hall–Kier alpha value is -1.86. The summed E-state index contributed by atoms with van der Waals surface area (Å²) < 4.78 is 41.2. The minimum Gasteiger partial charge on any atom is -0.469 e. The van der Waals surface area contributed by atoms with Gasteiger partial charge >= 0.3 is 12.1 Å². The second-order valence-corrected chi connectivity index (χ2v) is 3.52. The molecular formula is C10H12F3N3O2. The van der Waals surface area contributed by atoms with Crippen molar-refractivity contribution in [2.75, 3.05) is 25.6 Å². The van der Waals surface area contributed by atoms with Crippen molar-refractivity contribution in [3.63, 3.8) is 0 Å². The average Bonchev–Trinajstić information content (AvgIpc) is 2.34. The molecule has 0 saturated carbocycles. The molecule has 0 fully saturated rings. The Labute approximate surface area is 102 Å². The molecule has 0 aliphatic heterocycles. The van der Waals surface area contributed by atoms with E-state index in [2.05, 4.69) is 14.9 Å². The first-order valence-corrected chi connectivity index (χ1v) is 5.03. The number of carbonyl (C=O) groups excluding carboxylic acids is 1. The van der Waals surface area contributed by atoms with E-state index < -0.39 is 17.8 Å². The number of rotatable bonds is 4. The molecule has 18 heavy (non-hydrogen) atoms. The summed E-state index contributed by atoms with van der Waals surface area (Å²) in [4.78, 5) is 12.4. The van der Waals surface area contributed by atoms with Gasteiger partial charge in [0, 0.05) is 13.6 Å². The van der Waals surface area contributed by atoms with E-state index in [-0.39, 0.29) is 18.8 Å². The molecule has 1 aromatic rings. The zero-order valence-electron chi connectivity index (χ0n) is 9.86. The lowest BCUT2D eigenvalue weighted by Gasteiger charge is -2.16. The molecule has 0 aliphatic carbocycles. The Morgan fingerprint density at radius 2 is 2.06 bits per heavy atom. The molecule has 8 heteroatoms. The van der Waals surface area contributed by atoms with E-state index in [1.165, 1.54) is 18.1 Å². The smallest absolute Gasteiger partial charge is 0.435 e. The molecule has 0 unspecified atom stereocenters. The fraction of sp³-hybridized carbons (Fsp3) is 0.500. The highest BCUT2D eigenvalue weighted by Gasteiger charge is 2.32. The van der Waals surface area contributed by atoms with Gasteiger partial charge in [0.25, 0.3) is 0 Å². The van der Waals surface area contributed by atoms with Crippen LogP contribution in [0.1, 0.15) is 12.1 Å². The zero-order chi connectivity index (χ0) is 13.8. The molecule has 5 nitrogen and oxygen atoms in total. The summed E-state index contributed by atoms with van der Waals surface area (Å²) in [7, 11) is 2.86. The maximum atomic E-state index is 12.2. The molecule has 0 aromatic carbocycles. The lowest BCUT2D eigenvalue weighted by Crippen LogP contribution is -2.23. The quantitative estimate of drug-likeness (QED) is 0.770. The van der Waals surface area contributed by atoms with Crippen LogP contribution in [0.5, 0.6) is 0 Å². The Morgan fingerprint density at radius 3 is 2.50 bits per heavy atom. The number of methoxy groups -OCH3 is 1. The maximum Gasteiger partial charge on any atom is 0.435 e. The van der Waals surface area contributed by atoms with Crippen LogP contribution < -0.4 is 4.90 Å². The monoisotopic (exact) mass is 263 g/mol. The third-order valence-electron chi connectivity index (χ3n) is 2.21. The number of nitrogens with zero attached hydrogens (tertiary/aromatic N) is 3. The highest BCUT2D eigenvalue weighted by molar-refractivity contribution is 5.69. The van der Waals surface area contributed by atoms with Crippen LogP contribution in [0.15, 0.2) is 12.1 Å². The largest absolute Gasteiger partial charge is 0.469 e. The SMILES string of the molecule is COC(=O)CCN(C)c1ccc(C(F)(F)F)nn1. The lowest BCUT2D eigenvalue weighted by molar-refractivity contribution is -0.142. The van der Waals surface area contributed by atoms with Crippen molar-refractivity contribution in [1.29, 1.82) is 0 Å². The predicted molar refractivity (Wildman–Crippen MR) is 56.9 cm³/mol. The van der Waals surface area contributed by atoms with Crippen molar-refractivity contribution in [3.8, 4) is 0 Å². The molecule has 1 heterocycles. The van der Waals surface area contributed by atoms with Crippen LogP contribution in [0.3, 0.4) is 0 Å². The van der Waals surface area contributed by atoms with Crippen LogP contribution in [-0.4, -0.2) is 36.9 Å². The van der Waals surface area contributed by atoms with Crippen LogP contribution in [0.2, 0.25) is 0 Å². The number of hydrogen-bond acceptors (Lipinski definition) is 5. The molecule has 0 atom stereocenters. The van der Waals surface area contributed by atoms with Crippen molar-refractivity contribution in [1.82, 2.24) is 10.2 Å². The van der Waals surface area contributed by atoms with Crippen LogP contribution in [0, 0.1) is 0 Å². The van der Waals surface area contributed by atoms with Gasteiger partial charge in [-0.2, -0.15) is 13.2 Å². The summed E-state index contributed by atoms with van der Waals surface area (Å²) in [6.07, 6.45) is -4.38. The van der Waals surface area contributed by atoms with E-state index in [4.69, 9.17) is 0 Å². The summed E-state index contributed by atoms with van der Waals surface area (Å²) in [6.45, 7) is 0.284. The fourth-order valence-corrected chi connectivity index (χ4v) is 1.16. The van der Waals surface area contributed by atoms with E-state index in [1.54, 1.807) is 7.05 Å². The third-order valence-corrected chi connectivity index (χ3v) is 2.21. The fourth-order valence-electron chi connectivity index (χ4n) is 1.16. The van der Waals surface area contributed by atoms with E-state index in [9.17, 15) is 18.0 Å². The zero-order valence-corrected chi connectivity index (χ0v) is 9.86. The standard InChI is InChI=1S/C10H12F3N3O2/c1-16(6-5-9(17)18-2)8-4-3-7(14-15-8)10(11,12)13/h3-4H,5-6H2,1-2H3. The predicted octanol–water partition coefficient (Wildman–Crippen LogP) is 1.49. The van der Waals surface area contributed by atoms with Gasteiger partial charge in [-0.05, 0) is 12.1 Å². The van der Waals surface area contributed by atoms with Gasteiger partial charge in [-0.25, -0.2) is 0 Å². The number of alkyl halides is 3. The van der Waals surface area contributed by atoms with Crippen LogP contribution in [0.25, 0.3) is 0 Å². The number of aromatic nitrogens is 2. The number of carbonyl (C=O) groups is 1. The van der Waals surface area contributed by atoms with E-state index in [0.717, 1.165) is 6.07 Å². The molecule has 1 aromatic heterocycles. The summed E-state index contributed by atoms with van der Waals surface area (Å²) in [6, 6.07) is 2.05. The van der Waals surface area contributed by atoms with E-state index in [1.807, 2.05) is 0 Å². The van der Waals surface area contributed by atoms with E-state index >= 15 is 0 Å². The highest BCUT2D eigenvalue weighted by Crippen LogP contribution is 2.27. The topological polar surface area (TPSA) is 55.3 Å². The first-order valence-electron chi connectivity index (χ1n) is 5.03. The molecule has 0 radical (unpaired) electrons. The van der Waals surface area contributed by atoms with Gasteiger partial charge in [-0.1, -0.05) is 0 Å². The second kappa shape index (κ2) is 5.65. The minimum atomic E-state index is -4.50. The minimum absolute atomic E-state index is 0.121. The molecule has 0 saturated heterocycles. The van der Waals surface area contributed by atoms with Gasteiger partial charge in [-0.3, -0.25) is 4.79 Å². The third kappa shape index (κ3) is 3.86.